The van der Waals surface area contributed by atoms with Crippen molar-refractivity contribution >= 4 is 19.7 Å². The van der Waals surface area contributed by atoms with Crippen LogP contribution in [0.5, 0.6) is 0 Å². The molecule has 0 aromatic heterocycles. The Morgan fingerprint density at radius 2 is 2.56 bits per heavy atom. The second-order valence-corrected chi connectivity index (χ2v) is 5.86. The first-order chi connectivity index (χ1) is 4.14. The Hall–Kier alpha value is -0.330. The highest BCUT2D eigenvalue weighted by molar-refractivity contribution is 8.33. The van der Waals surface area contributed by atoms with Crippen LogP contribution in [0, 0.1) is 12.3 Å². The quantitative estimate of drug-likeness (QED) is 0.472. The molecule has 0 bridgehead atoms. The van der Waals surface area contributed by atoms with E-state index in [9.17, 15) is 4.21 Å². The average Bonchev–Trinajstić information content (AvgIpc) is 2.10. The molecule has 0 N–H and O–H groups in total. The number of hydrogen-bond donors (Lipinski definition) is 0. The molecule has 1 aliphatic rings. The largest absolute Gasteiger partial charge is 0.256 e. The zero-order chi connectivity index (χ0) is 6.91. The lowest BCUT2D eigenvalue weighted by molar-refractivity contribution is 0.686. The Morgan fingerprint density at radius 3 is 2.78 bits per heavy atom. The van der Waals surface area contributed by atoms with Crippen LogP contribution in [0.2, 0.25) is 0 Å². The van der Waals surface area contributed by atoms with Crippen molar-refractivity contribution in [3.63, 3.8) is 0 Å². The minimum absolute atomic E-state index is 0.429. The van der Waals surface area contributed by atoms with E-state index in [4.69, 9.17) is 17.6 Å². The third kappa shape index (κ3) is 1.54. The predicted octanol–water partition coefficient (Wildman–Crippen LogP) is 0.306. The highest BCUT2D eigenvalue weighted by Crippen LogP contribution is 2.09. The second kappa shape index (κ2) is 2.13. The third-order valence-electron chi connectivity index (χ3n) is 1.14. The summed E-state index contributed by atoms with van der Waals surface area (Å²) in [6.07, 6.45) is 6.85. The zero-order valence-electron chi connectivity index (χ0n) is 4.79. The summed E-state index contributed by atoms with van der Waals surface area (Å²) in [7, 11) is -2.01. The molecule has 1 aliphatic heterocycles. The highest BCUT2D eigenvalue weighted by Gasteiger charge is 2.13. The molecular weight excluding hydrogens is 152 g/mol. The monoisotopic (exact) mass is 158 g/mol. The minimum atomic E-state index is -2.01. The van der Waals surface area contributed by atoms with E-state index in [-0.39, 0.29) is 0 Å². The van der Waals surface area contributed by atoms with Gasteiger partial charge >= 0.3 is 0 Å². The van der Waals surface area contributed by atoms with Gasteiger partial charge in [-0.2, -0.15) is 0 Å². The van der Waals surface area contributed by atoms with Crippen molar-refractivity contribution in [3.8, 4) is 12.3 Å². The summed E-state index contributed by atoms with van der Waals surface area (Å²) < 4.78 is 11.0. The van der Waals surface area contributed by atoms with Crippen LogP contribution in [0.3, 0.4) is 0 Å². The molecule has 0 fully saturated rings. The standard InChI is InChI=1S/C6H6OS2/c1-2-6-3-4-9(7,8)5-6/h1,3H,4-5H2. The minimum Gasteiger partial charge on any atom is -0.256 e. The molecule has 9 heavy (non-hydrogen) atoms. The Bertz CT molecular complexity index is 277. The summed E-state index contributed by atoms with van der Waals surface area (Å²) >= 11 is 4.73. The lowest BCUT2D eigenvalue weighted by atomic mass is 10.3. The van der Waals surface area contributed by atoms with Gasteiger partial charge in [-0.05, 0) is 11.2 Å². The van der Waals surface area contributed by atoms with Crippen LogP contribution < -0.4 is 0 Å². The lowest BCUT2D eigenvalue weighted by Crippen LogP contribution is -1.99. The van der Waals surface area contributed by atoms with Crippen LogP contribution in [-0.4, -0.2) is 15.7 Å². The summed E-state index contributed by atoms with van der Waals surface area (Å²) in [5, 5.41) is 0. The van der Waals surface area contributed by atoms with E-state index >= 15 is 0 Å². The van der Waals surface area contributed by atoms with Gasteiger partial charge in [0.05, 0.1) is 5.75 Å². The van der Waals surface area contributed by atoms with Gasteiger partial charge in [0, 0.05) is 19.8 Å². The van der Waals surface area contributed by atoms with Gasteiger partial charge in [-0.15, -0.1) is 6.42 Å². The molecule has 1 unspecified atom stereocenters. The van der Waals surface area contributed by atoms with Crippen LogP contribution in [0.4, 0.5) is 0 Å². The van der Waals surface area contributed by atoms with Gasteiger partial charge in [-0.25, -0.2) is 0 Å². The van der Waals surface area contributed by atoms with Crippen molar-refractivity contribution in [1.29, 1.82) is 0 Å². The van der Waals surface area contributed by atoms with Crippen LogP contribution in [-0.2, 0) is 19.7 Å². The molecule has 1 nitrogen and oxygen atoms in total. The van der Waals surface area contributed by atoms with Crippen molar-refractivity contribution in [2.24, 2.45) is 0 Å². The van der Waals surface area contributed by atoms with Gasteiger partial charge in [0.25, 0.3) is 0 Å². The Morgan fingerprint density at radius 1 is 1.89 bits per heavy atom. The van der Waals surface area contributed by atoms with Crippen LogP contribution in [0.15, 0.2) is 11.6 Å². The summed E-state index contributed by atoms with van der Waals surface area (Å²) in [5.74, 6) is 3.35. The first-order valence-corrected chi connectivity index (χ1v) is 5.32. The van der Waals surface area contributed by atoms with Crippen LogP contribution in [0.1, 0.15) is 0 Å². The molecule has 0 aromatic carbocycles. The molecule has 1 rings (SSSR count). The van der Waals surface area contributed by atoms with Gasteiger partial charge in [0.15, 0.2) is 0 Å². The first kappa shape index (κ1) is 6.79. The van der Waals surface area contributed by atoms with Crippen molar-refractivity contribution < 1.29 is 4.21 Å². The maximum Gasteiger partial charge on any atom is 0.0588 e. The van der Waals surface area contributed by atoms with E-state index in [0.717, 1.165) is 5.57 Å². The molecule has 0 aromatic rings. The van der Waals surface area contributed by atoms with E-state index in [1.807, 2.05) is 0 Å². The summed E-state index contributed by atoms with van der Waals surface area (Å²) in [4.78, 5) is 0. The number of rotatable bonds is 0. The topological polar surface area (TPSA) is 17.1 Å². The van der Waals surface area contributed by atoms with Crippen molar-refractivity contribution in [2.75, 3.05) is 11.5 Å². The molecule has 0 saturated carbocycles. The SMILES string of the molecule is C#CC1=CCS(=O)(=S)C1. The van der Waals surface area contributed by atoms with E-state index in [1.165, 1.54) is 0 Å². The van der Waals surface area contributed by atoms with E-state index in [0.29, 0.717) is 11.5 Å². The molecule has 0 spiro atoms. The lowest BCUT2D eigenvalue weighted by Gasteiger charge is -1.89. The third-order valence-corrected chi connectivity index (χ3v) is 3.33. The van der Waals surface area contributed by atoms with Crippen molar-refractivity contribution in [3.05, 3.63) is 11.6 Å². The molecule has 0 saturated heterocycles. The number of terminal acetylenes is 1. The number of hydrogen-bond acceptors (Lipinski definition) is 2. The van der Waals surface area contributed by atoms with E-state index < -0.39 is 8.49 Å². The van der Waals surface area contributed by atoms with Gasteiger partial charge in [-0.1, -0.05) is 12.0 Å². The normalized spacial score (nSPS) is 33.4. The fourth-order valence-corrected chi connectivity index (χ4v) is 2.52. The molecule has 0 radical (unpaired) electrons. The summed E-state index contributed by atoms with van der Waals surface area (Å²) in [5.41, 5.74) is 0.801. The molecule has 1 atom stereocenters. The van der Waals surface area contributed by atoms with Gasteiger partial charge in [0.1, 0.15) is 0 Å². The van der Waals surface area contributed by atoms with Crippen LogP contribution in [0.25, 0.3) is 0 Å². The van der Waals surface area contributed by atoms with Gasteiger partial charge in [-0.3, -0.25) is 4.21 Å². The van der Waals surface area contributed by atoms with Crippen LogP contribution >= 0.6 is 0 Å². The maximum atomic E-state index is 11.0. The molecule has 48 valence electrons. The van der Waals surface area contributed by atoms with Gasteiger partial charge in [0.2, 0.25) is 0 Å². The maximum absolute atomic E-state index is 11.0. The Kier molecular flexibility index (Phi) is 1.60. The average molecular weight is 158 g/mol. The highest BCUT2D eigenvalue weighted by atomic mass is 32.8. The summed E-state index contributed by atoms with van der Waals surface area (Å²) in [6, 6.07) is 0. The first-order valence-electron chi connectivity index (χ1n) is 2.50. The molecule has 0 aliphatic carbocycles. The fourth-order valence-electron chi connectivity index (χ4n) is 0.683. The molecule has 3 heteroatoms. The second-order valence-electron chi connectivity index (χ2n) is 1.93. The summed E-state index contributed by atoms with van der Waals surface area (Å²) in [6.45, 7) is 0. The van der Waals surface area contributed by atoms with E-state index in [2.05, 4.69) is 5.92 Å². The smallest absolute Gasteiger partial charge is 0.0588 e. The molecular formula is C6H6OS2. The Balaban J connectivity index is 2.87. The van der Waals surface area contributed by atoms with E-state index in [1.54, 1.807) is 6.08 Å². The zero-order valence-corrected chi connectivity index (χ0v) is 6.43. The van der Waals surface area contributed by atoms with Gasteiger partial charge < -0.3 is 0 Å². The fraction of sp³-hybridized carbons (Fsp3) is 0.333. The molecule has 0 amide bonds. The molecule has 1 heterocycles. The van der Waals surface area contributed by atoms with Crippen molar-refractivity contribution in [1.82, 2.24) is 0 Å². The Labute approximate surface area is 59.8 Å². The van der Waals surface area contributed by atoms with Crippen molar-refractivity contribution in [2.45, 2.75) is 0 Å². The predicted molar refractivity (Wildman–Crippen MR) is 42.2 cm³/mol.